The molecule has 6 heteroatoms. The van der Waals surface area contributed by atoms with Gasteiger partial charge in [-0.15, -0.1) is 0 Å². The Morgan fingerprint density at radius 1 is 1.18 bits per heavy atom. The molecule has 0 spiro atoms. The van der Waals surface area contributed by atoms with E-state index in [0.717, 1.165) is 23.9 Å². The van der Waals surface area contributed by atoms with Crippen LogP contribution in [0, 0.1) is 0 Å². The molecule has 2 aromatic rings. The van der Waals surface area contributed by atoms with Crippen LogP contribution in [-0.4, -0.2) is 57.2 Å². The fourth-order valence-electron chi connectivity index (χ4n) is 2.27. The van der Waals surface area contributed by atoms with Crippen LogP contribution in [0.2, 0.25) is 0 Å². The van der Waals surface area contributed by atoms with E-state index in [1.54, 1.807) is 14.2 Å². The van der Waals surface area contributed by atoms with Gasteiger partial charge in [0.15, 0.2) is 11.5 Å². The van der Waals surface area contributed by atoms with Crippen LogP contribution in [0.3, 0.4) is 0 Å². The van der Waals surface area contributed by atoms with Crippen LogP contribution < -0.4 is 14.8 Å². The van der Waals surface area contributed by atoms with Gasteiger partial charge in [-0.1, -0.05) is 0 Å². The summed E-state index contributed by atoms with van der Waals surface area (Å²) >= 11 is 0. The summed E-state index contributed by atoms with van der Waals surface area (Å²) in [4.78, 5) is 17.4. The first kappa shape index (κ1) is 16.2. The molecular formula is C16H23N3O3. The highest BCUT2D eigenvalue weighted by Crippen LogP contribution is 2.32. The van der Waals surface area contributed by atoms with Crippen molar-refractivity contribution in [2.24, 2.45) is 0 Å². The second kappa shape index (κ2) is 7.17. The minimum atomic E-state index is -0.104. The van der Waals surface area contributed by atoms with Crippen molar-refractivity contribution in [3.63, 3.8) is 0 Å². The van der Waals surface area contributed by atoms with Crippen LogP contribution in [0.1, 0.15) is 16.9 Å². The van der Waals surface area contributed by atoms with Crippen molar-refractivity contribution >= 4 is 16.8 Å². The number of hydrogen-bond donors (Lipinski definition) is 2. The maximum atomic E-state index is 12.1. The van der Waals surface area contributed by atoms with Gasteiger partial charge in [-0.3, -0.25) is 4.79 Å². The maximum Gasteiger partial charge on any atom is 0.267 e. The average molecular weight is 305 g/mol. The summed E-state index contributed by atoms with van der Waals surface area (Å²) in [6.07, 6.45) is 0.917. The van der Waals surface area contributed by atoms with Crippen molar-refractivity contribution in [1.29, 1.82) is 0 Å². The number of H-pyrrole nitrogens is 1. The number of methoxy groups -OCH3 is 2. The largest absolute Gasteiger partial charge is 0.493 e. The van der Waals surface area contributed by atoms with Crippen molar-refractivity contribution < 1.29 is 14.3 Å². The van der Waals surface area contributed by atoms with Gasteiger partial charge in [0.2, 0.25) is 0 Å². The van der Waals surface area contributed by atoms with Gasteiger partial charge in [0.05, 0.1) is 14.2 Å². The van der Waals surface area contributed by atoms with Gasteiger partial charge >= 0.3 is 0 Å². The van der Waals surface area contributed by atoms with E-state index in [0.29, 0.717) is 23.7 Å². The van der Waals surface area contributed by atoms with Crippen LogP contribution in [0.5, 0.6) is 11.5 Å². The number of aromatic amines is 1. The van der Waals surface area contributed by atoms with E-state index in [2.05, 4.69) is 15.2 Å². The predicted octanol–water partition coefficient (Wildman–Crippen LogP) is 1.87. The number of aromatic nitrogens is 1. The van der Waals surface area contributed by atoms with Gasteiger partial charge < -0.3 is 24.7 Å². The molecule has 0 radical (unpaired) electrons. The number of hydrogen-bond acceptors (Lipinski definition) is 4. The summed E-state index contributed by atoms with van der Waals surface area (Å²) in [6.45, 7) is 1.60. The number of carbonyl (C=O) groups excluding carboxylic acids is 1. The summed E-state index contributed by atoms with van der Waals surface area (Å²) < 4.78 is 10.5. The SMILES string of the molecule is COc1cc2cc(C(=O)NCCCN(C)C)[nH]c2cc1OC. The summed E-state index contributed by atoms with van der Waals surface area (Å²) in [5.41, 5.74) is 1.38. The van der Waals surface area contributed by atoms with Crippen LogP contribution in [0.15, 0.2) is 18.2 Å². The third-order valence-corrected chi connectivity index (χ3v) is 3.44. The lowest BCUT2D eigenvalue weighted by Crippen LogP contribution is -2.27. The summed E-state index contributed by atoms with van der Waals surface area (Å²) in [5, 5.41) is 3.83. The number of amides is 1. The molecule has 120 valence electrons. The molecule has 0 saturated carbocycles. The standard InChI is InChI=1S/C16H23N3O3/c1-19(2)7-5-6-17-16(20)13-8-11-9-14(21-3)15(22-4)10-12(11)18-13/h8-10,18H,5-7H2,1-4H3,(H,17,20). The Morgan fingerprint density at radius 3 is 2.50 bits per heavy atom. The number of nitrogens with zero attached hydrogens (tertiary/aromatic N) is 1. The quantitative estimate of drug-likeness (QED) is 0.766. The van der Waals surface area contributed by atoms with Gasteiger partial charge in [0, 0.05) is 23.5 Å². The highest BCUT2D eigenvalue weighted by atomic mass is 16.5. The fraction of sp³-hybridized carbons (Fsp3) is 0.438. The highest BCUT2D eigenvalue weighted by molar-refractivity contribution is 5.98. The normalized spacial score (nSPS) is 11.0. The molecule has 0 aliphatic carbocycles. The van der Waals surface area contributed by atoms with E-state index in [-0.39, 0.29) is 5.91 Å². The molecule has 0 aliphatic rings. The predicted molar refractivity (Wildman–Crippen MR) is 86.9 cm³/mol. The molecule has 1 aromatic heterocycles. The highest BCUT2D eigenvalue weighted by Gasteiger charge is 2.12. The van der Waals surface area contributed by atoms with E-state index < -0.39 is 0 Å². The number of carbonyl (C=O) groups is 1. The zero-order valence-electron chi connectivity index (χ0n) is 13.5. The lowest BCUT2D eigenvalue weighted by atomic mass is 10.2. The molecule has 2 rings (SSSR count). The molecule has 1 aromatic carbocycles. The van der Waals surface area contributed by atoms with E-state index >= 15 is 0 Å². The van der Waals surface area contributed by atoms with E-state index in [1.165, 1.54) is 0 Å². The topological polar surface area (TPSA) is 66.6 Å². The molecule has 1 heterocycles. The van der Waals surface area contributed by atoms with Crippen LogP contribution in [-0.2, 0) is 0 Å². The molecule has 6 nitrogen and oxygen atoms in total. The zero-order valence-corrected chi connectivity index (χ0v) is 13.5. The Hall–Kier alpha value is -2.21. The Labute approximate surface area is 130 Å². The lowest BCUT2D eigenvalue weighted by molar-refractivity contribution is 0.0948. The smallest absolute Gasteiger partial charge is 0.267 e. The monoisotopic (exact) mass is 305 g/mol. The number of benzene rings is 1. The van der Waals surface area contributed by atoms with E-state index in [9.17, 15) is 4.79 Å². The van der Waals surface area contributed by atoms with Gasteiger partial charge in [-0.05, 0) is 39.2 Å². The first-order chi connectivity index (χ1) is 10.5. The lowest BCUT2D eigenvalue weighted by Gasteiger charge is -2.09. The molecule has 22 heavy (non-hydrogen) atoms. The molecule has 0 saturated heterocycles. The number of fused-ring (bicyclic) bond motifs is 1. The van der Waals surface area contributed by atoms with Crippen molar-refractivity contribution in [3.05, 3.63) is 23.9 Å². The van der Waals surface area contributed by atoms with Crippen LogP contribution >= 0.6 is 0 Å². The number of nitrogens with one attached hydrogen (secondary N) is 2. The molecule has 0 atom stereocenters. The van der Waals surface area contributed by atoms with Gasteiger partial charge in [0.25, 0.3) is 5.91 Å². The third-order valence-electron chi connectivity index (χ3n) is 3.44. The first-order valence-corrected chi connectivity index (χ1v) is 7.23. The third kappa shape index (κ3) is 3.71. The molecule has 2 N–H and O–H groups in total. The van der Waals surface area contributed by atoms with Crippen molar-refractivity contribution in [1.82, 2.24) is 15.2 Å². The Kier molecular flexibility index (Phi) is 5.27. The molecule has 0 fully saturated rings. The Morgan fingerprint density at radius 2 is 1.86 bits per heavy atom. The fourth-order valence-corrected chi connectivity index (χ4v) is 2.27. The van der Waals surface area contributed by atoms with E-state index in [4.69, 9.17) is 9.47 Å². The first-order valence-electron chi connectivity index (χ1n) is 7.23. The number of ether oxygens (including phenoxy) is 2. The Bertz CT molecular complexity index is 608. The molecular weight excluding hydrogens is 282 g/mol. The van der Waals surface area contributed by atoms with Gasteiger partial charge in [-0.25, -0.2) is 0 Å². The zero-order chi connectivity index (χ0) is 16.1. The minimum Gasteiger partial charge on any atom is -0.493 e. The molecule has 0 bridgehead atoms. The van der Waals surface area contributed by atoms with Gasteiger partial charge in [-0.2, -0.15) is 0 Å². The average Bonchev–Trinajstić information content (AvgIpc) is 2.92. The van der Waals surface area contributed by atoms with E-state index in [1.807, 2.05) is 32.3 Å². The van der Waals surface area contributed by atoms with Crippen molar-refractivity contribution in [2.75, 3.05) is 41.4 Å². The minimum absolute atomic E-state index is 0.104. The van der Waals surface area contributed by atoms with Crippen molar-refractivity contribution in [3.8, 4) is 11.5 Å². The Balaban J connectivity index is 2.10. The maximum absolute atomic E-state index is 12.1. The molecule has 1 amide bonds. The summed E-state index contributed by atoms with van der Waals surface area (Å²) in [5.74, 6) is 1.18. The summed E-state index contributed by atoms with van der Waals surface area (Å²) in [7, 11) is 7.21. The van der Waals surface area contributed by atoms with Crippen LogP contribution in [0.25, 0.3) is 10.9 Å². The molecule has 0 unspecified atom stereocenters. The number of rotatable bonds is 7. The van der Waals surface area contributed by atoms with Crippen LogP contribution in [0.4, 0.5) is 0 Å². The summed E-state index contributed by atoms with van der Waals surface area (Å²) in [6, 6.07) is 5.50. The molecule has 0 aliphatic heterocycles. The van der Waals surface area contributed by atoms with Gasteiger partial charge in [0.1, 0.15) is 5.69 Å². The second-order valence-electron chi connectivity index (χ2n) is 5.39. The van der Waals surface area contributed by atoms with Crippen molar-refractivity contribution in [2.45, 2.75) is 6.42 Å². The second-order valence-corrected chi connectivity index (χ2v) is 5.39.